The Morgan fingerprint density at radius 1 is 0.727 bits per heavy atom. The highest BCUT2D eigenvalue weighted by atomic mass is 16.2. The Bertz CT molecular complexity index is 1250. The van der Waals surface area contributed by atoms with Crippen molar-refractivity contribution in [3.8, 4) is 0 Å². The van der Waals surface area contributed by atoms with Crippen molar-refractivity contribution in [2.75, 3.05) is 11.4 Å². The molecule has 2 heterocycles. The molecular formula is C29H28N2O2. The molecule has 0 saturated carbocycles. The summed E-state index contributed by atoms with van der Waals surface area (Å²) >= 11 is 0. The van der Waals surface area contributed by atoms with Gasteiger partial charge in [0.25, 0.3) is 11.8 Å². The number of hydrogen-bond acceptors (Lipinski definition) is 3. The second-order valence-electron chi connectivity index (χ2n) is 9.77. The van der Waals surface area contributed by atoms with E-state index in [1.165, 1.54) is 16.0 Å². The van der Waals surface area contributed by atoms with Gasteiger partial charge in [0, 0.05) is 13.1 Å². The topological polar surface area (TPSA) is 40.6 Å². The summed E-state index contributed by atoms with van der Waals surface area (Å²) in [6.07, 6.45) is 0.851. The van der Waals surface area contributed by atoms with Gasteiger partial charge in [-0.15, -0.1) is 0 Å². The van der Waals surface area contributed by atoms with Crippen LogP contribution in [-0.2, 0) is 28.0 Å². The van der Waals surface area contributed by atoms with Gasteiger partial charge in [0.2, 0.25) is 0 Å². The quantitative estimate of drug-likeness (QED) is 0.521. The van der Waals surface area contributed by atoms with Gasteiger partial charge in [0.1, 0.15) is 5.70 Å². The number of fused-ring (bicyclic) bond motifs is 1. The molecule has 0 saturated heterocycles. The molecule has 0 spiro atoms. The Hall–Kier alpha value is -3.66. The van der Waals surface area contributed by atoms with E-state index in [1.54, 1.807) is 0 Å². The van der Waals surface area contributed by atoms with Crippen molar-refractivity contribution in [3.05, 3.63) is 107 Å². The van der Waals surface area contributed by atoms with Crippen molar-refractivity contribution in [2.24, 2.45) is 0 Å². The molecule has 0 N–H and O–H groups in total. The molecule has 3 aromatic carbocycles. The Kier molecular flexibility index (Phi) is 5.16. The zero-order valence-corrected chi connectivity index (χ0v) is 19.3. The maximum absolute atomic E-state index is 13.8. The van der Waals surface area contributed by atoms with Gasteiger partial charge in [0.15, 0.2) is 0 Å². The van der Waals surface area contributed by atoms with Crippen molar-refractivity contribution >= 4 is 23.1 Å². The summed E-state index contributed by atoms with van der Waals surface area (Å²) in [5.41, 5.74) is 6.04. The van der Waals surface area contributed by atoms with Crippen LogP contribution in [0.2, 0.25) is 0 Å². The minimum Gasteiger partial charge on any atom is -0.362 e. The van der Waals surface area contributed by atoms with Crippen LogP contribution in [0, 0.1) is 0 Å². The van der Waals surface area contributed by atoms with Gasteiger partial charge >= 0.3 is 0 Å². The highest BCUT2D eigenvalue weighted by Gasteiger charge is 2.43. The normalized spacial score (nSPS) is 16.5. The lowest BCUT2D eigenvalue weighted by Crippen LogP contribution is -2.37. The number of carbonyl (C=O) groups excluding carboxylic acids is 2. The van der Waals surface area contributed by atoms with Crippen molar-refractivity contribution in [3.63, 3.8) is 0 Å². The van der Waals surface area contributed by atoms with Crippen molar-refractivity contribution < 1.29 is 9.59 Å². The Balaban J connectivity index is 1.57. The van der Waals surface area contributed by atoms with Crippen LogP contribution in [0.4, 0.5) is 5.69 Å². The third-order valence-corrected chi connectivity index (χ3v) is 6.56. The largest absolute Gasteiger partial charge is 0.362 e. The number of imide groups is 1. The summed E-state index contributed by atoms with van der Waals surface area (Å²) in [5, 5.41) is 0. The van der Waals surface area contributed by atoms with Crippen molar-refractivity contribution in [2.45, 2.75) is 39.2 Å². The molecule has 0 atom stereocenters. The Labute approximate surface area is 195 Å². The van der Waals surface area contributed by atoms with Crippen LogP contribution < -0.4 is 4.90 Å². The van der Waals surface area contributed by atoms with E-state index in [9.17, 15) is 9.59 Å². The van der Waals surface area contributed by atoms with E-state index in [2.05, 4.69) is 43.9 Å². The first-order valence-electron chi connectivity index (χ1n) is 11.5. The minimum absolute atomic E-state index is 0.00262. The molecular weight excluding hydrogens is 408 g/mol. The van der Waals surface area contributed by atoms with E-state index >= 15 is 0 Å². The molecule has 2 aliphatic rings. The van der Waals surface area contributed by atoms with Crippen LogP contribution in [-0.4, -0.2) is 23.3 Å². The zero-order chi connectivity index (χ0) is 23.2. The Morgan fingerprint density at radius 2 is 1.36 bits per heavy atom. The Morgan fingerprint density at radius 3 is 2.03 bits per heavy atom. The smallest absolute Gasteiger partial charge is 0.282 e. The van der Waals surface area contributed by atoms with Crippen molar-refractivity contribution in [1.82, 2.24) is 4.90 Å². The number of amides is 2. The van der Waals surface area contributed by atoms with Crippen LogP contribution in [0.1, 0.15) is 43.0 Å². The second-order valence-corrected chi connectivity index (χ2v) is 9.77. The van der Waals surface area contributed by atoms with Crippen molar-refractivity contribution in [1.29, 1.82) is 0 Å². The molecule has 5 rings (SSSR count). The van der Waals surface area contributed by atoms with Crippen LogP contribution in [0.25, 0.3) is 5.57 Å². The lowest BCUT2D eigenvalue weighted by molar-refractivity contribution is -0.120. The molecule has 0 bridgehead atoms. The fourth-order valence-corrected chi connectivity index (χ4v) is 4.71. The predicted molar refractivity (Wildman–Crippen MR) is 132 cm³/mol. The summed E-state index contributed by atoms with van der Waals surface area (Å²) in [5.74, 6) is -0.509. The number of rotatable bonds is 3. The maximum Gasteiger partial charge on any atom is 0.282 e. The molecule has 3 aromatic rings. The second kappa shape index (κ2) is 8.04. The van der Waals surface area contributed by atoms with E-state index in [0.29, 0.717) is 30.0 Å². The highest BCUT2D eigenvalue weighted by molar-refractivity contribution is 6.45. The molecule has 4 heteroatoms. The standard InChI is InChI=1S/C29H28N2O2/c1-29(2,3)23-13-15-24(16-14-23)31-27(32)25(21-10-5-4-6-11-21)26(28(31)33)30-18-17-20-9-7-8-12-22(20)19-30/h4-16H,17-19H2,1-3H3. The zero-order valence-electron chi connectivity index (χ0n) is 19.3. The van der Waals surface area contributed by atoms with Gasteiger partial charge in [-0.05, 0) is 46.2 Å². The third-order valence-electron chi connectivity index (χ3n) is 6.56. The van der Waals surface area contributed by atoms with Gasteiger partial charge in [-0.2, -0.15) is 0 Å². The fourth-order valence-electron chi connectivity index (χ4n) is 4.71. The van der Waals surface area contributed by atoms with Gasteiger partial charge in [-0.3, -0.25) is 9.59 Å². The van der Waals surface area contributed by atoms with Crippen LogP contribution >= 0.6 is 0 Å². The van der Waals surface area contributed by atoms with Gasteiger partial charge in [-0.25, -0.2) is 4.90 Å². The van der Waals surface area contributed by atoms with Crippen LogP contribution in [0.15, 0.2) is 84.6 Å². The molecule has 4 nitrogen and oxygen atoms in total. The summed E-state index contributed by atoms with van der Waals surface area (Å²) < 4.78 is 0. The average Bonchev–Trinajstić information content (AvgIpc) is 3.08. The van der Waals surface area contributed by atoms with E-state index in [0.717, 1.165) is 17.5 Å². The summed E-state index contributed by atoms with van der Waals surface area (Å²) in [7, 11) is 0. The van der Waals surface area contributed by atoms with Gasteiger partial charge in [0.05, 0.1) is 11.3 Å². The fraction of sp³-hybridized carbons (Fsp3) is 0.241. The molecule has 0 radical (unpaired) electrons. The number of benzene rings is 3. The number of anilines is 1. The third kappa shape index (κ3) is 3.76. The average molecular weight is 437 g/mol. The summed E-state index contributed by atoms with van der Waals surface area (Å²) in [4.78, 5) is 30.9. The first-order chi connectivity index (χ1) is 15.8. The number of hydrogen-bond donors (Lipinski definition) is 0. The van der Waals surface area contributed by atoms with E-state index in [-0.39, 0.29) is 17.2 Å². The molecule has 0 aliphatic carbocycles. The van der Waals surface area contributed by atoms with Gasteiger partial charge in [-0.1, -0.05) is 87.5 Å². The molecule has 0 unspecified atom stereocenters. The summed E-state index contributed by atoms with van der Waals surface area (Å²) in [6, 6.07) is 25.7. The minimum atomic E-state index is -0.261. The van der Waals surface area contributed by atoms with E-state index < -0.39 is 0 Å². The first kappa shape index (κ1) is 21.2. The molecule has 0 fully saturated rings. The van der Waals surface area contributed by atoms with E-state index in [4.69, 9.17) is 0 Å². The highest BCUT2D eigenvalue weighted by Crippen LogP contribution is 2.37. The molecule has 2 aliphatic heterocycles. The molecule has 166 valence electrons. The first-order valence-corrected chi connectivity index (χ1v) is 11.5. The van der Waals surface area contributed by atoms with Crippen LogP contribution in [0.5, 0.6) is 0 Å². The van der Waals surface area contributed by atoms with Crippen LogP contribution in [0.3, 0.4) is 0 Å². The number of nitrogens with zero attached hydrogens (tertiary/aromatic N) is 2. The lowest BCUT2D eigenvalue weighted by atomic mass is 9.87. The predicted octanol–water partition coefficient (Wildman–Crippen LogP) is 5.33. The maximum atomic E-state index is 13.8. The number of carbonyl (C=O) groups is 2. The van der Waals surface area contributed by atoms with Gasteiger partial charge < -0.3 is 4.90 Å². The molecule has 2 amide bonds. The lowest BCUT2D eigenvalue weighted by Gasteiger charge is -2.31. The monoisotopic (exact) mass is 436 g/mol. The molecule has 33 heavy (non-hydrogen) atoms. The SMILES string of the molecule is CC(C)(C)c1ccc(N2C(=O)C(c3ccccc3)=C(N3CCc4ccccc4C3)C2=O)cc1. The summed E-state index contributed by atoms with van der Waals surface area (Å²) in [6.45, 7) is 7.77. The van der Waals surface area contributed by atoms with E-state index in [1.807, 2.05) is 60.7 Å². The molecule has 0 aromatic heterocycles.